The first-order valence-electron chi connectivity index (χ1n) is 10.4. The van der Waals surface area contributed by atoms with Crippen molar-refractivity contribution in [1.29, 1.82) is 0 Å². The second-order valence-corrected chi connectivity index (χ2v) is 8.82. The van der Waals surface area contributed by atoms with Gasteiger partial charge in [0.2, 0.25) is 5.91 Å². The molecule has 8 heteroatoms. The van der Waals surface area contributed by atoms with E-state index in [0.29, 0.717) is 23.4 Å². The molecule has 0 aliphatic carbocycles. The lowest BCUT2D eigenvalue weighted by molar-refractivity contribution is -0.115. The van der Waals surface area contributed by atoms with Gasteiger partial charge in [0.1, 0.15) is 6.61 Å². The van der Waals surface area contributed by atoms with Crippen LogP contribution in [-0.2, 0) is 17.9 Å². The van der Waals surface area contributed by atoms with E-state index in [2.05, 4.69) is 35.9 Å². The van der Waals surface area contributed by atoms with Crippen molar-refractivity contribution >= 4 is 23.4 Å². The van der Waals surface area contributed by atoms with E-state index < -0.39 is 11.1 Å². The number of thioether (sulfide) groups is 1. The summed E-state index contributed by atoms with van der Waals surface area (Å²) in [5.41, 5.74) is 1.90. The molecule has 1 aromatic heterocycles. The number of rotatable bonds is 10. The van der Waals surface area contributed by atoms with Crippen molar-refractivity contribution in [2.75, 3.05) is 5.32 Å². The Bertz CT molecular complexity index is 1080. The predicted molar refractivity (Wildman–Crippen MR) is 125 cm³/mol. The van der Waals surface area contributed by atoms with Crippen molar-refractivity contribution in [3.8, 4) is 5.75 Å². The number of aromatic nitrogens is 3. The highest BCUT2D eigenvalue weighted by atomic mass is 32.2. The number of carbonyl (C=O) groups excluding carboxylic acids is 1. The van der Waals surface area contributed by atoms with E-state index in [1.54, 1.807) is 24.3 Å². The molecular formula is C24H27FN4O2S. The zero-order chi connectivity index (χ0) is 23.1. The molecule has 0 saturated carbocycles. The molecule has 3 rings (SSSR count). The van der Waals surface area contributed by atoms with Crippen LogP contribution in [0.1, 0.15) is 38.1 Å². The van der Waals surface area contributed by atoms with Gasteiger partial charge in [0.25, 0.3) is 0 Å². The predicted octanol–water partition coefficient (Wildman–Crippen LogP) is 5.42. The van der Waals surface area contributed by atoms with Crippen LogP contribution in [0.4, 0.5) is 10.1 Å². The zero-order valence-electron chi connectivity index (χ0n) is 18.4. The summed E-state index contributed by atoms with van der Waals surface area (Å²) in [6.07, 6.45) is 1.71. The van der Waals surface area contributed by atoms with Crippen LogP contribution in [0.2, 0.25) is 0 Å². The third-order valence-electron chi connectivity index (χ3n) is 4.79. The van der Waals surface area contributed by atoms with E-state index in [0.717, 1.165) is 11.3 Å². The fourth-order valence-corrected chi connectivity index (χ4v) is 3.97. The van der Waals surface area contributed by atoms with E-state index in [9.17, 15) is 9.18 Å². The minimum Gasteiger partial charge on any atom is -0.483 e. The third kappa shape index (κ3) is 5.76. The Balaban J connectivity index is 1.70. The van der Waals surface area contributed by atoms with Crippen molar-refractivity contribution < 1.29 is 13.9 Å². The summed E-state index contributed by atoms with van der Waals surface area (Å²) in [6, 6.07) is 14.0. The number of ether oxygens (including phenoxy) is 1. The van der Waals surface area contributed by atoms with E-state index >= 15 is 0 Å². The highest BCUT2D eigenvalue weighted by Crippen LogP contribution is 2.27. The van der Waals surface area contributed by atoms with Gasteiger partial charge in [0.15, 0.2) is 22.5 Å². The first-order chi connectivity index (χ1) is 15.4. The molecule has 168 valence electrons. The summed E-state index contributed by atoms with van der Waals surface area (Å²) < 4.78 is 21.2. The molecule has 1 atom stereocenters. The van der Waals surface area contributed by atoms with Crippen LogP contribution in [-0.4, -0.2) is 25.9 Å². The van der Waals surface area contributed by atoms with Gasteiger partial charge >= 0.3 is 0 Å². The van der Waals surface area contributed by atoms with Crippen molar-refractivity contribution in [2.24, 2.45) is 0 Å². The minimum absolute atomic E-state index is 0.0463. The number of halogens is 1. The van der Waals surface area contributed by atoms with Crippen LogP contribution in [0.3, 0.4) is 0 Å². The normalized spacial score (nSPS) is 11.9. The number of nitrogens with zero attached hydrogens (tertiary/aromatic N) is 3. The number of anilines is 1. The van der Waals surface area contributed by atoms with Crippen LogP contribution in [0.15, 0.2) is 66.3 Å². The van der Waals surface area contributed by atoms with Gasteiger partial charge < -0.3 is 10.1 Å². The molecule has 0 spiro atoms. The standard InChI is InChI=1S/C24H27FN4O2S/c1-5-14-29-22(15-31-21-13-9-7-11-19(21)25)27-28-24(29)32-17(4)23(30)26-20-12-8-6-10-18(20)16(2)3/h5-13,16-17H,1,14-15H2,2-4H3,(H,26,30). The smallest absolute Gasteiger partial charge is 0.237 e. The number of nitrogens with one attached hydrogen (secondary N) is 1. The fraction of sp³-hybridized carbons (Fsp3) is 0.292. The highest BCUT2D eigenvalue weighted by Gasteiger charge is 2.21. The van der Waals surface area contributed by atoms with Gasteiger partial charge in [-0.1, -0.05) is 62.0 Å². The quantitative estimate of drug-likeness (QED) is 0.327. The minimum atomic E-state index is -0.441. The molecule has 0 saturated heterocycles. The Morgan fingerprint density at radius 2 is 1.91 bits per heavy atom. The topological polar surface area (TPSA) is 69.0 Å². The maximum absolute atomic E-state index is 13.8. The Kier molecular flexibility index (Phi) is 8.05. The van der Waals surface area contributed by atoms with Crippen molar-refractivity contribution in [2.45, 2.75) is 50.2 Å². The summed E-state index contributed by atoms with van der Waals surface area (Å²) >= 11 is 1.30. The van der Waals surface area contributed by atoms with Gasteiger partial charge in [-0.15, -0.1) is 16.8 Å². The fourth-order valence-electron chi connectivity index (χ4n) is 3.09. The Hall–Kier alpha value is -3.13. The number of para-hydroxylation sites is 2. The van der Waals surface area contributed by atoms with Crippen molar-refractivity contribution in [3.63, 3.8) is 0 Å². The van der Waals surface area contributed by atoms with E-state index in [1.807, 2.05) is 35.8 Å². The summed E-state index contributed by atoms with van der Waals surface area (Å²) in [4.78, 5) is 12.8. The first kappa shape index (κ1) is 23.5. The number of hydrogen-bond donors (Lipinski definition) is 1. The number of allylic oxidation sites excluding steroid dienone is 1. The van der Waals surface area contributed by atoms with Crippen LogP contribution in [0.25, 0.3) is 0 Å². The number of amides is 1. The van der Waals surface area contributed by atoms with Gasteiger partial charge in [-0.05, 0) is 36.6 Å². The zero-order valence-corrected chi connectivity index (χ0v) is 19.2. The molecule has 6 nitrogen and oxygen atoms in total. The summed E-state index contributed by atoms with van der Waals surface area (Å²) in [5, 5.41) is 11.6. The second kappa shape index (κ2) is 10.9. The molecule has 1 amide bonds. The molecule has 32 heavy (non-hydrogen) atoms. The monoisotopic (exact) mass is 454 g/mol. The average molecular weight is 455 g/mol. The molecule has 0 aliphatic heterocycles. The number of hydrogen-bond acceptors (Lipinski definition) is 5. The van der Waals surface area contributed by atoms with Gasteiger partial charge in [-0.2, -0.15) is 0 Å². The molecule has 0 radical (unpaired) electrons. The van der Waals surface area contributed by atoms with Gasteiger partial charge in [0, 0.05) is 12.2 Å². The molecule has 1 N–H and O–H groups in total. The summed E-state index contributed by atoms with van der Waals surface area (Å²) in [6.45, 7) is 10.3. The SMILES string of the molecule is C=CCn1c(COc2ccccc2F)nnc1SC(C)C(=O)Nc1ccccc1C(C)C. The van der Waals surface area contributed by atoms with Crippen LogP contribution in [0.5, 0.6) is 5.75 Å². The molecule has 1 heterocycles. The maximum Gasteiger partial charge on any atom is 0.237 e. The van der Waals surface area contributed by atoms with Crippen molar-refractivity contribution in [3.05, 3.63) is 78.4 Å². The van der Waals surface area contributed by atoms with E-state index in [-0.39, 0.29) is 18.3 Å². The Morgan fingerprint density at radius 3 is 2.62 bits per heavy atom. The number of benzene rings is 2. The van der Waals surface area contributed by atoms with Gasteiger partial charge in [0.05, 0.1) is 5.25 Å². The second-order valence-electron chi connectivity index (χ2n) is 7.51. The van der Waals surface area contributed by atoms with Crippen molar-refractivity contribution in [1.82, 2.24) is 14.8 Å². The van der Waals surface area contributed by atoms with Crippen LogP contribution >= 0.6 is 11.8 Å². The van der Waals surface area contributed by atoms with E-state index in [4.69, 9.17) is 4.74 Å². The molecule has 3 aromatic rings. The largest absolute Gasteiger partial charge is 0.483 e. The average Bonchev–Trinajstić information content (AvgIpc) is 3.14. The third-order valence-corrected chi connectivity index (χ3v) is 5.87. The Morgan fingerprint density at radius 1 is 1.19 bits per heavy atom. The van der Waals surface area contributed by atoms with Gasteiger partial charge in [-0.3, -0.25) is 9.36 Å². The lowest BCUT2D eigenvalue weighted by Gasteiger charge is -2.16. The van der Waals surface area contributed by atoms with Gasteiger partial charge in [-0.25, -0.2) is 4.39 Å². The highest BCUT2D eigenvalue weighted by molar-refractivity contribution is 8.00. The lowest BCUT2D eigenvalue weighted by atomic mass is 10.0. The summed E-state index contributed by atoms with van der Waals surface area (Å²) in [7, 11) is 0. The van der Waals surface area contributed by atoms with E-state index in [1.165, 1.54) is 17.8 Å². The lowest BCUT2D eigenvalue weighted by Crippen LogP contribution is -2.23. The maximum atomic E-state index is 13.8. The Labute approximate surface area is 191 Å². The molecule has 1 unspecified atom stereocenters. The molecule has 0 fully saturated rings. The number of carbonyl (C=O) groups is 1. The summed E-state index contributed by atoms with van der Waals surface area (Å²) in [5.74, 6) is 0.395. The molecule has 0 aliphatic rings. The first-order valence-corrected chi connectivity index (χ1v) is 11.3. The molecular weight excluding hydrogens is 427 g/mol. The molecule has 2 aromatic carbocycles. The van der Waals surface area contributed by atoms with Crippen LogP contribution < -0.4 is 10.1 Å². The van der Waals surface area contributed by atoms with Crippen LogP contribution in [0, 0.1) is 5.82 Å². The molecule has 0 bridgehead atoms.